The van der Waals surface area contributed by atoms with Crippen molar-refractivity contribution in [2.24, 2.45) is 0 Å². The molecular weight excluding hydrogens is 453 g/mol. The number of carbonyl (C=O) groups excluding carboxylic acids is 1. The van der Waals surface area contributed by atoms with Gasteiger partial charge in [0, 0.05) is 54.4 Å². The van der Waals surface area contributed by atoms with Crippen LogP contribution >= 0.6 is 11.8 Å². The van der Waals surface area contributed by atoms with Gasteiger partial charge in [0.2, 0.25) is 0 Å². The van der Waals surface area contributed by atoms with E-state index in [0.29, 0.717) is 23.1 Å². The summed E-state index contributed by atoms with van der Waals surface area (Å²) in [7, 11) is 0. The van der Waals surface area contributed by atoms with Crippen molar-refractivity contribution in [3.05, 3.63) is 66.1 Å². The van der Waals surface area contributed by atoms with Crippen molar-refractivity contribution in [3.63, 3.8) is 0 Å². The summed E-state index contributed by atoms with van der Waals surface area (Å²) in [6, 6.07) is 14.0. The van der Waals surface area contributed by atoms with Crippen molar-refractivity contribution in [1.82, 2.24) is 24.6 Å². The van der Waals surface area contributed by atoms with Crippen LogP contribution in [0.1, 0.15) is 17.3 Å². The van der Waals surface area contributed by atoms with Crippen LogP contribution in [-0.2, 0) is 11.3 Å². The van der Waals surface area contributed by atoms with E-state index in [2.05, 4.69) is 20.1 Å². The van der Waals surface area contributed by atoms with E-state index >= 15 is 0 Å². The van der Waals surface area contributed by atoms with Crippen molar-refractivity contribution in [2.45, 2.75) is 23.9 Å². The lowest BCUT2D eigenvalue weighted by atomic mass is 10.1. The van der Waals surface area contributed by atoms with Gasteiger partial charge in [0.15, 0.2) is 16.8 Å². The number of thioether (sulfide) groups is 1. The third-order valence-electron chi connectivity index (χ3n) is 6.07. The predicted octanol–water partition coefficient (Wildman–Crippen LogP) is 4.26. The molecule has 1 aliphatic rings. The van der Waals surface area contributed by atoms with Gasteiger partial charge in [0.1, 0.15) is 5.82 Å². The number of benzene rings is 2. The number of carbonyl (C=O) groups is 1. The molecule has 1 aliphatic heterocycles. The van der Waals surface area contributed by atoms with Crippen LogP contribution in [0.4, 0.5) is 4.39 Å². The van der Waals surface area contributed by atoms with Gasteiger partial charge >= 0.3 is 0 Å². The summed E-state index contributed by atoms with van der Waals surface area (Å²) < 4.78 is 21.0. The SMILES string of the molecule is C[C@H](Sc1nnc(-c2ccc(F)cc2)n1CCN1CCOCC1)C(=O)c1c[nH]c2ccccc12. The Morgan fingerprint density at radius 3 is 2.68 bits per heavy atom. The first-order chi connectivity index (χ1) is 16.6. The number of aromatic nitrogens is 4. The molecule has 1 atom stereocenters. The van der Waals surface area contributed by atoms with E-state index in [1.165, 1.54) is 23.9 Å². The first-order valence-corrected chi connectivity index (χ1v) is 12.2. The molecule has 0 radical (unpaired) electrons. The van der Waals surface area contributed by atoms with Crippen molar-refractivity contribution in [1.29, 1.82) is 0 Å². The number of halogens is 1. The number of rotatable bonds is 8. The number of aromatic amines is 1. The normalized spacial score (nSPS) is 15.6. The van der Waals surface area contributed by atoms with Gasteiger partial charge in [-0.2, -0.15) is 0 Å². The molecule has 3 heterocycles. The van der Waals surface area contributed by atoms with E-state index in [0.717, 1.165) is 49.3 Å². The molecule has 2 aromatic heterocycles. The Kier molecular flexibility index (Phi) is 6.75. The first-order valence-electron chi connectivity index (χ1n) is 11.4. The minimum atomic E-state index is -0.355. The highest BCUT2D eigenvalue weighted by Crippen LogP contribution is 2.30. The molecule has 4 aromatic rings. The molecule has 9 heteroatoms. The molecule has 1 fully saturated rings. The van der Waals surface area contributed by atoms with Crippen LogP contribution in [0.5, 0.6) is 0 Å². The Bertz CT molecular complexity index is 1280. The fraction of sp³-hybridized carbons (Fsp3) is 0.320. The first kappa shape index (κ1) is 22.8. The smallest absolute Gasteiger partial charge is 0.192 e. The number of fused-ring (bicyclic) bond motifs is 1. The molecular formula is C25H26FN5O2S. The van der Waals surface area contributed by atoms with Gasteiger partial charge < -0.3 is 14.3 Å². The minimum Gasteiger partial charge on any atom is -0.379 e. The quantitative estimate of drug-likeness (QED) is 0.301. The minimum absolute atomic E-state index is 0.0357. The Hall–Kier alpha value is -3.01. The lowest BCUT2D eigenvalue weighted by molar-refractivity contribution is 0.0361. The number of nitrogens with zero attached hydrogens (tertiary/aromatic N) is 4. The molecule has 7 nitrogen and oxygen atoms in total. The summed E-state index contributed by atoms with van der Waals surface area (Å²) >= 11 is 1.40. The zero-order chi connectivity index (χ0) is 23.5. The number of ketones is 1. The standard InChI is InChI=1S/C25H26FN5O2S/c1-17(23(32)21-16-27-22-5-3-2-4-20(21)22)34-25-29-28-24(18-6-8-19(26)9-7-18)31(25)11-10-30-12-14-33-15-13-30/h2-9,16-17,27H,10-15H2,1H3/t17-/m0/s1. The van der Waals surface area contributed by atoms with Crippen molar-refractivity contribution in [2.75, 3.05) is 32.8 Å². The van der Waals surface area contributed by atoms with Crippen LogP contribution < -0.4 is 0 Å². The van der Waals surface area contributed by atoms with Gasteiger partial charge in [-0.3, -0.25) is 9.69 Å². The summed E-state index contributed by atoms with van der Waals surface area (Å²) in [5, 5.41) is 10.1. The Labute approximate surface area is 201 Å². The second kappa shape index (κ2) is 10.1. The highest BCUT2D eigenvalue weighted by Gasteiger charge is 2.24. The molecule has 0 bridgehead atoms. The molecule has 0 amide bonds. The Morgan fingerprint density at radius 2 is 1.88 bits per heavy atom. The second-order valence-corrected chi connectivity index (χ2v) is 9.60. The molecule has 34 heavy (non-hydrogen) atoms. The lowest BCUT2D eigenvalue weighted by Crippen LogP contribution is -2.38. The van der Waals surface area contributed by atoms with Gasteiger partial charge in [-0.1, -0.05) is 30.0 Å². The summed E-state index contributed by atoms with van der Waals surface area (Å²) in [5.74, 6) is 0.409. The summed E-state index contributed by atoms with van der Waals surface area (Å²) in [6.45, 7) is 6.59. The number of hydrogen-bond acceptors (Lipinski definition) is 6. The van der Waals surface area contributed by atoms with Crippen LogP contribution in [0.2, 0.25) is 0 Å². The molecule has 0 spiro atoms. The summed E-state index contributed by atoms with van der Waals surface area (Å²) in [5.41, 5.74) is 2.40. The van der Waals surface area contributed by atoms with E-state index in [9.17, 15) is 9.18 Å². The number of para-hydroxylation sites is 1. The average molecular weight is 480 g/mol. The van der Waals surface area contributed by atoms with E-state index in [1.54, 1.807) is 18.3 Å². The molecule has 1 N–H and O–H groups in total. The van der Waals surface area contributed by atoms with Crippen LogP contribution in [-0.4, -0.2) is 68.5 Å². The fourth-order valence-corrected chi connectivity index (χ4v) is 5.11. The van der Waals surface area contributed by atoms with Gasteiger partial charge in [-0.15, -0.1) is 10.2 Å². The highest BCUT2D eigenvalue weighted by atomic mass is 32.2. The molecule has 2 aromatic carbocycles. The van der Waals surface area contributed by atoms with Crippen LogP contribution in [0.15, 0.2) is 59.9 Å². The Morgan fingerprint density at radius 1 is 1.12 bits per heavy atom. The van der Waals surface area contributed by atoms with E-state index in [4.69, 9.17) is 4.74 Å². The van der Waals surface area contributed by atoms with Crippen LogP contribution in [0.3, 0.4) is 0 Å². The third-order valence-corrected chi connectivity index (χ3v) is 7.15. The number of ether oxygens (including phenoxy) is 1. The molecule has 0 aliphatic carbocycles. The van der Waals surface area contributed by atoms with E-state index in [-0.39, 0.29) is 16.9 Å². The summed E-state index contributed by atoms with van der Waals surface area (Å²) in [6.07, 6.45) is 1.77. The van der Waals surface area contributed by atoms with Gasteiger partial charge in [-0.25, -0.2) is 4.39 Å². The van der Waals surface area contributed by atoms with Crippen LogP contribution in [0, 0.1) is 5.82 Å². The largest absolute Gasteiger partial charge is 0.379 e. The van der Waals surface area contributed by atoms with Crippen LogP contribution in [0.25, 0.3) is 22.3 Å². The van der Waals surface area contributed by atoms with Gasteiger partial charge in [0.25, 0.3) is 0 Å². The number of Topliss-reactive ketones (excluding diaryl/α,β-unsaturated/α-hetero) is 1. The number of H-pyrrole nitrogens is 1. The zero-order valence-corrected chi connectivity index (χ0v) is 19.7. The summed E-state index contributed by atoms with van der Waals surface area (Å²) in [4.78, 5) is 18.8. The van der Waals surface area contributed by atoms with E-state index in [1.807, 2.05) is 35.8 Å². The van der Waals surface area contributed by atoms with Crippen molar-refractivity contribution < 1.29 is 13.9 Å². The molecule has 0 unspecified atom stereocenters. The second-order valence-electron chi connectivity index (χ2n) is 8.29. The van der Waals surface area contributed by atoms with Crippen molar-refractivity contribution in [3.8, 4) is 11.4 Å². The molecule has 5 rings (SSSR count). The fourth-order valence-electron chi connectivity index (χ4n) is 4.16. The third kappa shape index (κ3) is 4.77. The number of morpholine rings is 1. The molecule has 1 saturated heterocycles. The maximum Gasteiger partial charge on any atom is 0.192 e. The Balaban J connectivity index is 1.40. The number of nitrogens with one attached hydrogen (secondary N) is 1. The van der Waals surface area contributed by atoms with Gasteiger partial charge in [0.05, 0.1) is 18.5 Å². The monoisotopic (exact) mass is 479 g/mol. The number of hydrogen-bond donors (Lipinski definition) is 1. The van der Waals surface area contributed by atoms with Crippen molar-refractivity contribution >= 4 is 28.4 Å². The van der Waals surface area contributed by atoms with E-state index < -0.39 is 0 Å². The topological polar surface area (TPSA) is 76.0 Å². The average Bonchev–Trinajstić information content (AvgIpc) is 3.47. The predicted molar refractivity (Wildman–Crippen MR) is 131 cm³/mol. The zero-order valence-electron chi connectivity index (χ0n) is 18.9. The van der Waals surface area contributed by atoms with Gasteiger partial charge in [-0.05, 0) is 37.3 Å². The highest BCUT2D eigenvalue weighted by molar-refractivity contribution is 8.00. The maximum absolute atomic E-state index is 13.5. The molecule has 176 valence electrons. The maximum atomic E-state index is 13.5. The lowest BCUT2D eigenvalue weighted by Gasteiger charge is -2.27. The molecule has 0 saturated carbocycles.